The smallest absolute Gasteiger partial charge is 0.220 e. The zero-order valence-electron chi connectivity index (χ0n) is 9.73. The fourth-order valence-corrected chi connectivity index (χ4v) is 2.12. The zero-order chi connectivity index (χ0) is 12.8. The molecule has 5 heteroatoms. The Labute approximate surface area is 109 Å². The Kier molecular flexibility index (Phi) is 4.41. The van der Waals surface area contributed by atoms with Crippen LogP contribution >= 0.6 is 11.3 Å². The van der Waals surface area contributed by atoms with Crippen molar-refractivity contribution in [3.63, 3.8) is 0 Å². The molecule has 0 radical (unpaired) electrons. The highest BCUT2D eigenvalue weighted by Crippen LogP contribution is 2.06. The Morgan fingerprint density at radius 2 is 2.22 bits per heavy atom. The molecule has 0 saturated carbocycles. The lowest BCUT2D eigenvalue weighted by Gasteiger charge is -2.05. The number of amides is 1. The summed E-state index contributed by atoms with van der Waals surface area (Å²) in [7, 11) is 0. The summed E-state index contributed by atoms with van der Waals surface area (Å²) in [6.07, 6.45) is 0.991. The van der Waals surface area contributed by atoms with Crippen molar-refractivity contribution in [3.05, 3.63) is 52.2 Å². The van der Waals surface area contributed by atoms with Gasteiger partial charge in [0, 0.05) is 23.9 Å². The minimum absolute atomic E-state index is 0.0914. The van der Waals surface area contributed by atoms with Crippen LogP contribution in [0.2, 0.25) is 0 Å². The van der Waals surface area contributed by atoms with E-state index in [1.54, 1.807) is 23.7 Å². The van der Waals surface area contributed by atoms with Crippen LogP contribution in [0.4, 0.5) is 4.39 Å². The molecule has 0 saturated heterocycles. The van der Waals surface area contributed by atoms with Gasteiger partial charge in [-0.05, 0) is 12.5 Å². The molecule has 0 aliphatic carbocycles. The number of carbonyl (C=O) groups excluding carboxylic acids is 1. The standard InChI is InChI=1S/C13H13FN2OS/c14-12-4-2-1-3-10(12)7-15-13(17)6-5-11-8-18-9-16-11/h1-4,8-9H,5-7H2,(H,15,17). The van der Waals surface area contributed by atoms with Crippen LogP contribution in [-0.4, -0.2) is 10.9 Å². The fourth-order valence-electron chi connectivity index (χ4n) is 1.53. The molecule has 2 rings (SSSR count). The second-order valence-electron chi connectivity index (χ2n) is 3.85. The van der Waals surface area contributed by atoms with E-state index in [4.69, 9.17) is 0 Å². The van der Waals surface area contributed by atoms with Crippen molar-refractivity contribution in [1.29, 1.82) is 0 Å². The van der Waals surface area contributed by atoms with Crippen LogP contribution in [0.5, 0.6) is 0 Å². The van der Waals surface area contributed by atoms with Crippen LogP contribution in [0.1, 0.15) is 17.7 Å². The van der Waals surface area contributed by atoms with E-state index in [2.05, 4.69) is 10.3 Å². The molecule has 0 aliphatic heterocycles. The van der Waals surface area contributed by atoms with E-state index >= 15 is 0 Å². The van der Waals surface area contributed by atoms with E-state index < -0.39 is 0 Å². The number of thiazole rings is 1. The third-order valence-electron chi connectivity index (χ3n) is 2.53. The van der Waals surface area contributed by atoms with Gasteiger partial charge in [-0.3, -0.25) is 4.79 Å². The first-order valence-electron chi connectivity index (χ1n) is 5.63. The summed E-state index contributed by atoms with van der Waals surface area (Å²) in [5, 5.41) is 4.62. The fraction of sp³-hybridized carbons (Fsp3) is 0.231. The molecule has 0 bridgehead atoms. The van der Waals surface area contributed by atoms with E-state index in [9.17, 15) is 9.18 Å². The summed E-state index contributed by atoms with van der Waals surface area (Å²) in [4.78, 5) is 15.7. The SMILES string of the molecule is O=C(CCc1cscn1)NCc1ccccc1F. The Morgan fingerprint density at radius 1 is 1.39 bits per heavy atom. The van der Waals surface area contributed by atoms with E-state index in [-0.39, 0.29) is 18.3 Å². The van der Waals surface area contributed by atoms with Gasteiger partial charge < -0.3 is 5.32 Å². The van der Waals surface area contributed by atoms with Gasteiger partial charge >= 0.3 is 0 Å². The van der Waals surface area contributed by atoms with Gasteiger partial charge in [-0.25, -0.2) is 9.37 Å². The first-order chi connectivity index (χ1) is 8.75. The molecule has 1 aromatic heterocycles. The van der Waals surface area contributed by atoms with E-state index in [0.717, 1.165) is 5.69 Å². The number of benzene rings is 1. The number of rotatable bonds is 5. The maximum atomic E-state index is 13.3. The summed E-state index contributed by atoms with van der Waals surface area (Å²) < 4.78 is 13.3. The highest BCUT2D eigenvalue weighted by molar-refractivity contribution is 7.07. The molecule has 94 valence electrons. The Balaban J connectivity index is 1.77. The number of hydrogen-bond acceptors (Lipinski definition) is 3. The maximum Gasteiger partial charge on any atom is 0.220 e. The third kappa shape index (κ3) is 3.63. The molecule has 0 atom stereocenters. The third-order valence-corrected chi connectivity index (χ3v) is 3.16. The summed E-state index contributed by atoms with van der Waals surface area (Å²) in [5.74, 6) is -0.386. The van der Waals surface area contributed by atoms with E-state index in [0.29, 0.717) is 18.4 Å². The summed E-state index contributed by atoms with van der Waals surface area (Å²) in [6, 6.07) is 6.43. The number of nitrogens with one attached hydrogen (secondary N) is 1. The van der Waals surface area contributed by atoms with Crippen LogP contribution in [0, 0.1) is 5.82 Å². The second kappa shape index (κ2) is 6.26. The van der Waals surface area contributed by atoms with Crippen molar-refractivity contribution in [2.75, 3.05) is 0 Å². The van der Waals surface area contributed by atoms with Crippen molar-refractivity contribution < 1.29 is 9.18 Å². The number of carbonyl (C=O) groups is 1. The molecule has 1 heterocycles. The first kappa shape index (κ1) is 12.7. The minimum atomic E-state index is -0.294. The topological polar surface area (TPSA) is 42.0 Å². The largest absolute Gasteiger partial charge is 0.352 e. The number of aryl methyl sites for hydroxylation is 1. The van der Waals surface area contributed by atoms with Gasteiger partial charge in [0.25, 0.3) is 0 Å². The number of hydrogen-bond donors (Lipinski definition) is 1. The van der Waals surface area contributed by atoms with Gasteiger partial charge in [0.05, 0.1) is 11.2 Å². The van der Waals surface area contributed by atoms with E-state index in [1.165, 1.54) is 17.4 Å². The van der Waals surface area contributed by atoms with Gasteiger partial charge in [-0.15, -0.1) is 11.3 Å². The summed E-state index contributed by atoms with van der Waals surface area (Å²) in [5.41, 5.74) is 3.16. The molecule has 3 nitrogen and oxygen atoms in total. The van der Waals surface area contributed by atoms with Crippen molar-refractivity contribution in [1.82, 2.24) is 10.3 Å². The molecular formula is C13H13FN2OS. The van der Waals surface area contributed by atoms with Crippen LogP contribution in [-0.2, 0) is 17.8 Å². The van der Waals surface area contributed by atoms with Crippen molar-refractivity contribution in [3.8, 4) is 0 Å². The Bertz CT molecular complexity index is 513. The maximum absolute atomic E-state index is 13.3. The molecule has 18 heavy (non-hydrogen) atoms. The van der Waals surface area contributed by atoms with Crippen LogP contribution < -0.4 is 5.32 Å². The van der Waals surface area contributed by atoms with Gasteiger partial charge in [-0.2, -0.15) is 0 Å². The van der Waals surface area contributed by atoms with Crippen LogP contribution in [0.15, 0.2) is 35.2 Å². The molecule has 1 N–H and O–H groups in total. The predicted octanol–water partition coefficient (Wildman–Crippen LogP) is 2.53. The summed E-state index contributed by atoms with van der Waals surface area (Å²) in [6.45, 7) is 0.225. The Hall–Kier alpha value is -1.75. The lowest BCUT2D eigenvalue weighted by atomic mass is 10.2. The van der Waals surface area contributed by atoms with Crippen LogP contribution in [0.25, 0.3) is 0 Å². The number of halogens is 1. The lowest BCUT2D eigenvalue weighted by Crippen LogP contribution is -2.23. The number of aromatic nitrogens is 1. The highest BCUT2D eigenvalue weighted by Gasteiger charge is 2.05. The van der Waals surface area contributed by atoms with Gasteiger partial charge in [-0.1, -0.05) is 18.2 Å². The lowest BCUT2D eigenvalue weighted by molar-refractivity contribution is -0.121. The number of nitrogens with zero attached hydrogens (tertiary/aromatic N) is 1. The molecule has 1 aromatic carbocycles. The molecule has 1 amide bonds. The highest BCUT2D eigenvalue weighted by atomic mass is 32.1. The van der Waals surface area contributed by atoms with Crippen molar-refractivity contribution in [2.24, 2.45) is 0 Å². The molecular weight excluding hydrogens is 251 g/mol. The molecule has 0 fully saturated rings. The quantitative estimate of drug-likeness (QED) is 0.901. The van der Waals surface area contributed by atoms with E-state index in [1.807, 2.05) is 5.38 Å². The average Bonchev–Trinajstić information content (AvgIpc) is 2.88. The van der Waals surface area contributed by atoms with Gasteiger partial charge in [0.2, 0.25) is 5.91 Å². The first-order valence-corrected chi connectivity index (χ1v) is 6.57. The van der Waals surface area contributed by atoms with Gasteiger partial charge in [0.15, 0.2) is 0 Å². The molecule has 0 unspecified atom stereocenters. The van der Waals surface area contributed by atoms with Crippen molar-refractivity contribution in [2.45, 2.75) is 19.4 Å². The summed E-state index contributed by atoms with van der Waals surface area (Å²) >= 11 is 1.51. The molecule has 2 aromatic rings. The molecule has 0 spiro atoms. The van der Waals surface area contributed by atoms with Crippen molar-refractivity contribution >= 4 is 17.2 Å². The zero-order valence-corrected chi connectivity index (χ0v) is 10.5. The molecule has 0 aliphatic rings. The Morgan fingerprint density at radius 3 is 2.94 bits per heavy atom. The average molecular weight is 264 g/mol. The minimum Gasteiger partial charge on any atom is -0.352 e. The predicted molar refractivity (Wildman–Crippen MR) is 68.7 cm³/mol. The second-order valence-corrected chi connectivity index (χ2v) is 4.57. The normalized spacial score (nSPS) is 10.3. The van der Waals surface area contributed by atoms with Gasteiger partial charge in [0.1, 0.15) is 5.82 Å². The van der Waals surface area contributed by atoms with Crippen LogP contribution in [0.3, 0.4) is 0 Å². The monoisotopic (exact) mass is 264 g/mol.